The van der Waals surface area contributed by atoms with E-state index in [4.69, 9.17) is 0 Å². The number of anilines is 6. The third-order valence-electron chi connectivity index (χ3n) is 11.1. The molecule has 0 bridgehead atoms. The first-order valence-electron chi connectivity index (χ1n) is 18.9. The SMILES string of the molecule is CC1(C)c2cc(N(c3ccccc3)c3ccc([Si](C)(C)C)cc3)ccc2-c2cc3ccc(N(c4ccccc4)c4ccc([Si](C)(C)C)cc4)cc3cc21. The van der Waals surface area contributed by atoms with Gasteiger partial charge in [-0.25, -0.2) is 0 Å². The van der Waals surface area contributed by atoms with Crippen LogP contribution in [-0.4, -0.2) is 16.1 Å². The van der Waals surface area contributed by atoms with Gasteiger partial charge in [0.15, 0.2) is 0 Å². The predicted octanol–water partition coefficient (Wildman–Crippen LogP) is 13.2. The van der Waals surface area contributed by atoms with E-state index in [1.54, 1.807) is 0 Å². The molecule has 264 valence electrons. The predicted molar refractivity (Wildman–Crippen MR) is 237 cm³/mol. The van der Waals surface area contributed by atoms with Gasteiger partial charge < -0.3 is 9.80 Å². The number of fused-ring (bicyclic) bond motifs is 4. The van der Waals surface area contributed by atoms with E-state index in [1.165, 1.54) is 66.1 Å². The second-order valence-electron chi connectivity index (χ2n) is 17.2. The summed E-state index contributed by atoms with van der Waals surface area (Å²) in [6.45, 7) is 19.2. The lowest BCUT2D eigenvalue weighted by Gasteiger charge is -2.29. The molecule has 0 aliphatic heterocycles. The fourth-order valence-electron chi connectivity index (χ4n) is 8.00. The zero-order valence-electron chi connectivity index (χ0n) is 32.4. The zero-order valence-corrected chi connectivity index (χ0v) is 34.4. The third-order valence-corrected chi connectivity index (χ3v) is 15.3. The van der Waals surface area contributed by atoms with E-state index in [-0.39, 0.29) is 5.41 Å². The Labute approximate surface area is 318 Å². The molecular weight excluding hydrogens is 673 g/mol. The Morgan fingerprint density at radius 2 is 0.774 bits per heavy atom. The van der Waals surface area contributed by atoms with Crippen LogP contribution in [0.3, 0.4) is 0 Å². The van der Waals surface area contributed by atoms with Gasteiger partial charge >= 0.3 is 0 Å². The van der Waals surface area contributed by atoms with E-state index >= 15 is 0 Å². The maximum atomic E-state index is 2.45. The van der Waals surface area contributed by atoms with Gasteiger partial charge in [-0.2, -0.15) is 0 Å². The Morgan fingerprint density at radius 1 is 0.358 bits per heavy atom. The van der Waals surface area contributed by atoms with E-state index in [0.29, 0.717) is 0 Å². The van der Waals surface area contributed by atoms with Crippen molar-refractivity contribution < 1.29 is 0 Å². The van der Waals surface area contributed by atoms with Crippen LogP contribution in [0.1, 0.15) is 25.0 Å². The molecule has 0 N–H and O–H groups in total. The first-order valence-corrected chi connectivity index (χ1v) is 25.9. The Balaban J connectivity index is 1.20. The molecule has 8 rings (SSSR count). The summed E-state index contributed by atoms with van der Waals surface area (Å²) in [7, 11) is -2.82. The summed E-state index contributed by atoms with van der Waals surface area (Å²) in [5.41, 5.74) is 12.3. The molecule has 1 aliphatic rings. The van der Waals surface area contributed by atoms with Gasteiger partial charge in [0.1, 0.15) is 0 Å². The Kier molecular flexibility index (Phi) is 8.59. The summed E-state index contributed by atoms with van der Waals surface area (Å²) in [4.78, 5) is 4.80. The fraction of sp³-hybridized carbons (Fsp3) is 0.184. The first kappa shape index (κ1) is 34.9. The Morgan fingerprint density at radius 3 is 1.26 bits per heavy atom. The Hall–Kier alpha value is -5.17. The number of hydrogen-bond acceptors (Lipinski definition) is 2. The largest absolute Gasteiger partial charge is 0.310 e. The summed E-state index contributed by atoms with van der Waals surface area (Å²) < 4.78 is 0. The van der Waals surface area contributed by atoms with Crippen LogP contribution < -0.4 is 20.2 Å². The van der Waals surface area contributed by atoms with Crippen molar-refractivity contribution in [3.63, 3.8) is 0 Å². The van der Waals surface area contributed by atoms with Crippen LogP contribution in [0.5, 0.6) is 0 Å². The van der Waals surface area contributed by atoms with Gasteiger partial charge in [-0.05, 0) is 118 Å². The van der Waals surface area contributed by atoms with Crippen LogP contribution in [-0.2, 0) is 5.41 Å². The van der Waals surface area contributed by atoms with Crippen molar-refractivity contribution in [1.82, 2.24) is 0 Å². The molecule has 4 heteroatoms. The van der Waals surface area contributed by atoms with E-state index in [9.17, 15) is 0 Å². The summed E-state index contributed by atoms with van der Waals surface area (Å²) in [5, 5.41) is 5.47. The lowest BCUT2D eigenvalue weighted by atomic mass is 9.81. The van der Waals surface area contributed by atoms with Gasteiger partial charge in [0.05, 0.1) is 16.1 Å². The highest BCUT2D eigenvalue weighted by molar-refractivity contribution is 6.89. The normalized spacial score (nSPS) is 13.4. The molecule has 0 saturated heterocycles. The molecule has 0 unspecified atom stereocenters. The quantitative estimate of drug-likeness (QED) is 0.144. The van der Waals surface area contributed by atoms with Gasteiger partial charge in [-0.15, -0.1) is 0 Å². The van der Waals surface area contributed by atoms with Crippen LogP contribution in [0.2, 0.25) is 39.3 Å². The summed E-state index contributed by atoms with van der Waals surface area (Å²) in [6, 6.07) is 59.0. The topological polar surface area (TPSA) is 6.48 Å². The number of hydrogen-bond donors (Lipinski definition) is 0. The number of nitrogens with zero attached hydrogens (tertiary/aromatic N) is 2. The van der Waals surface area contributed by atoms with Gasteiger partial charge in [-0.3, -0.25) is 0 Å². The fourth-order valence-corrected chi connectivity index (χ4v) is 10.3. The van der Waals surface area contributed by atoms with Crippen molar-refractivity contribution in [3.05, 3.63) is 169 Å². The summed E-state index contributed by atoms with van der Waals surface area (Å²) >= 11 is 0. The monoisotopic (exact) mass is 722 g/mol. The van der Waals surface area contributed by atoms with Crippen molar-refractivity contribution in [1.29, 1.82) is 0 Å². The van der Waals surface area contributed by atoms with Crippen LogP contribution in [0.4, 0.5) is 34.1 Å². The van der Waals surface area contributed by atoms with Crippen molar-refractivity contribution in [2.24, 2.45) is 0 Å². The van der Waals surface area contributed by atoms with E-state index in [1.807, 2.05) is 0 Å². The summed E-state index contributed by atoms with van der Waals surface area (Å²) in [5.74, 6) is 0. The molecule has 7 aromatic rings. The van der Waals surface area contributed by atoms with Crippen LogP contribution >= 0.6 is 0 Å². The molecule has 7 aromatic carbocycles. The zero-order chi connectivity index (χ0) is 37.1. The minimum absolute atomic E-state index is 0.166. The highest BCUT2D eigenvalue weighted by atomic mass is 28.3. The smallest absolute Gasteiger partial charge is 0.0775 e. The molecule has 1 aliphatic carbocycles. The number of benzene rings is 7. The van der Waals surface area contributed by atoms with Crippen molar-refractivity contribution in [3.8, 4) is 11.1 Å². The summed E-state index contributed by atoms with van der Waals surface area (Å²) in [6.07, 6.45) is 0. The molecule has 0 fully saturated rings. The molecule has 0 radical (unpaired) electrons. The maximum Gasteiger partial charge on any atom is 0.0775 e. The minimum Gasteiger partial charge on any atom is -0.310 e. The number of rotatable bonds is 8. The lowest BCUT2D eigenvalue weighted by molar-refractivity contribution is 0.661. The molecule has 53 heavy (non-hydrogen) atoms. The minimum atomic E-state index is -1.41. The lowest BCUT2D eigenvalue weighted by Crippen LogP contribution is -2.37. The highest BCUT2D eigenvalue weighted by Crippen LogP contribution is 2.52. The van der Waals surface area contributed by atoms with Gasteiger partial charge in [0.2, 0.25) is 0 Å². The van der Waals surface area contributed by atoms with E-state index in [0.717, 1.165) is 11.4 Å². The van der Waals surface area contributed by atoms with Gasteiger partial charge in [0, 0.05) is 39.5 Å². The second kappa shape index (κ2) is 13.0. The molecule has 0 atom stereocenters. The van der Waals surface area contributed by atoms with Crippen molar-refractivity contribution in [2.75, 3.05) is 9.80 Å². The molecular formula is C49H50N2Si2. The van der Waals surface area contributed by atoms with E-state index in [2.05, 4.69) is 221 Å². The molecule has 0 heterocycles. The number of para-hydroxylation sites is 2. The van der Waals surface area contributed by atoms with Crippen molar-refractivity contribution >= 4 is 71.4 Å². The average molecular weight is 723 g/mol. The van der Waals surface area contributed by atoms with Crippen LogP contribution in [0.25, 0.3) is 21.9 Å². The molecule has 0 aromatic heterocycles. The van der Waals surface area contributed by atoms with Gasteiger partial charge in [0.25, 0.3) is 0 Å². The third kappa shape index (κ3) is 6.45. The van der Waals surface area contributed by atoms with Crippen LogP contribution in [0, 0.1) is 0 Å². The standard InChI is InChI=1S/C49H50N2Si2/c1-49(2)47-33-36-31-41(50(37-15-11-9-12-16-37)39-21-26-43(27-22-39)52(3,4)5)20-19-35(36)32-46(47)45-30-25-42(34-48(45)49)51(38-17-13-10-14-18-38)40-23-28-44(29-24-40)53(6,7)8/h9-34H,1-8H3. The molecule has 0 spiro atoms. The molecule has 2 nitrogen and oxygen atoms in total. The van der Waals surface area contributed by atoms with Crippen molar-refractivity contribution in [2.45, 2.75) is 58.5 Å². The maximum absolute atomic E-state index is 2.45. The molecule has 0 saturated carbocycles. The average Bonchev–Trinajstić information content (AvgIpc) is 3.36. The van der Waals surface area contributed by atoms with E-state index < -0.39 is 16.1 Å². The first-order chi connectivity index (χ1) is 25.3. The highest BCUT2D eigenvalue weighted by Gasteiger charge is 2.36. The second-order valence-corrected chi connectivity index (χ2v) is 27.4. The van der Waals surface area contributed by atoms with Crippen LogP contribution in [0.15, 0.2) is 158 Å². The molecule has 0 amide bonds. The van der Waals surface area contributed by atoms with Gasteiger partial charge in [-0.1, -0.05) is 136 Å². The Bertz CT molecular complexity index is 2420.